The third-order valence-electron chi connectivity index (χ3n) is 5.37. The fourth-order valence-electron chi connectivity index (χ4n) is 4.03. The molecule has 2 fully saturated rings. The molecule has 1 aliphatic carbocycles. The molecule has 1 saturated heterocycles. The summed E-state index contributed by atoms with van der Waals surface area (Å²) in [6.45, 7) is 9.04. The van der Waals surface area contributed by atoms with Gasteiger partial charge >= 0.3 is 0 Å². The maximum absolute atomic E-state index is 4.75. The van der Waals surface area contributed by atoms with Crippen LogP contribution in [0.25, 0.3) is 0 Å². The third kappa shape index (κ3) is 4.93. The van der Waals surface area contributed by atoms with E-state index in [1.54, 1.807) is 6.33 Å². The van der Waals surface area contributed by atoms with Crippen LogP contribution in [0.3, 0.4) is 0 Å². The Hall–Kier alpha value is -1.63. The first-order chi connectivity index (χ1) is 12.3. The molecule has 1 aliphatic heterocycles. The Kier molecular flexibility index (Phi) is 6.67. The maximum atomic E-state index is 4.75. The van der Waals surface area contributed by atoms with Gasteiger partial charge in [0.2, 0.25) is 0 Å². The van der Waals surface area contributed by atoms with Crippen LogP contribution in [0.2, 0.25) is 0 Å². The van der Waals surface area contributed by atoms with E-state index in [1.807, 2.05) is 0 Å². The highest BCUT2D eigenvalue weighted by Gasteiger charge is 2.30. The van der Waals surface area contributed by atoms with Crippen LogP contribution in [0.15, 0.2) is 11.3 Å². The van der Waals surface area contributed by atoms with E-state index < -0.39 is 0 Å². The quantitative estimate of drug-likeness (QED) is 0.576. The summed E-state index contributed by atoms with van der Waals surface area (Å²) in [4.78, 5) is 7.43. The topological polar surface area (TPSA) is 70.4 Å². The van der Waals surface area contributed by atoms with E-state index >= 15 is 0 Å². The molecular formula is C18H33N7. The van der Waals surface area contributed by atoms with Gasteiger partial charge in [0, 0.05) is 44.7 Å². The van der Waals surface area contributed by atoms with Crippen LogP contribution in [-0.4, -0.2) is 63.9 Å². The normalized spacial score (nSPS) is 22.6. The molecule has 0 radical (unpaired) electrons. The summed E-state index contributed by atoms with van der Waals surface area (Å²) in [5.41, 5.74) is 0. The smallest absolute Gasteiger partial charge is 0.191 e. The van der Waals surface area contributed by atoms with Crippen LogP contribution in [0.4, 0.5) is 0 Å². The van der Waals surface area contributed by atoms with Crippen LogP contribution in [0.5, 0.6) is 0 Å². The van der Waals surface area contributed by atoms with Crippen molar-refractivity contribution in [1.82, 2.24) is 30.3 Å². The second-order valence-electron chi connectivity index (χ2n) is 7.12. The summed E-state index contributed by atoms with van der Waals surface area (Å²) in [6, 6.07) is 1.34. The largest absolute Gasteiger partial charge is 0.357 e. The van der Waals surface area contributed by atoms with E-state index in [-0.39, 0.29) is 0 Å². The fraction of sp³-hybridized carbons (Fsp3) is 0.833. The summed E-state index contributed by atoms with van der Waals surface area (Å²) in [5, 5.41) is 15.1. The molecule has 0 bridgehead atoms. The summed E-state index contributed by atoms with van der Waals surface area (Å²) in [7, 11) is 0. The molecule has 1 unspecified atom stereocenters. The van der Waals surface area contributed by atoms with Crippen molar-refractivity contribution in [2.45, 2.75) is 71.0 Å². The highest BCUT2D eigenvalue weighted by Crippen LogP contribution is 2.26. The van der Waals surface area contributed by atoms with Gasteiger partial charge in [0.15, 0.2) is 5.96 Å². The lowest BCUT2D eigenvalue weighted by molar-refractivity contribution is 0.242. The standard InChI is InChI=1S/C18H33N7/c1-3-17-23-21-14-25(17)12-10-20-18(19-4-2)22-15-9-11-24(13-15)16-7-5-6-8-16/h14-16H,3-13H2,1-2H3,(H2,19,20,22). The van der Waals surface area contributed by atoms with Crippen molar-refractivity contribution in [2.24, 2.45) is 4.99 Å². The average molecular weight is 348 g/mol. The summed E-state index contributed by atoms with van der Waals surface area (Å²) in [6.07, 6.45) is 9.51. The van der Waals surface area contributed by atoms with Crippen LogP contribution in [0.1, 0.15) is 51.8 Å². The van der Waals surface area contributed by atoms with Gasteiger partial charge in [0.1, 0.15) is 12.2 Å². The lowest BCUT2D eigenvalue weighted by atomic mass is 10.2. The minimum Gasteiger partial charge on any atom is -0.357 e. The van der Waals surface area contributed by atoms with Crippen molar-refractivity contribution in [3.05, 3.63) is 12.2 Å². The Bertz CT molecular complexity index is 547. The molecule has 2 aliphatic rings. The first-order valence-corrected chi connectivity index (χ1v) is 9.95. The third-order valence-corrected chi connectivity index (χ3v) is 5.37. The SMILES string of the molecule is CCNC(=NCCn1cnnc1CC)NC1CCN(C2CCCC2)C1. The number of nitrogens with zero attached hydrogens (tertiary/aromatic N) is 5. The lowest BCUT2D eigenvalue weighted by Crippen LogP contribution is -2.45. The van der Waals surface area contributed by atoms with Gasteiger partial charge in [-0.05, 0) is 26.2 Å². The number of aliphatic imine (C=N–C) groups is 1. The molecule has 1 aromatic heterocycles. The van der Waals surface area contributed by atoms with Crippen molar-refractivity contribution in [3.63, 3.8) is 0 Å². The van der Waals surface area contributed by atoms with Crippen LogP contribution < -0.4 is 10.6 Å². The van der Waals surface area contributed by atoms with Gasteiger partial charge in [-0.15, -0.1) is 10.2 Å². The van der Waals surface area contributed by atoms with Crippen LogP contribution >= 0.6 is 0 Å². The molecule has 1 aromatic rings. The highest BCUT2D eigenvalue weighted by molar-refractivity contribution is 5.80. The molecule has 7 nitrogen and oxygen atoms in total. The highest BCUT2D eigenvalue weighted by atomic mass is 15.3. The molecule has 0 spiro atoms. The average Bonchev–Trinajstić information content (AvgIpc) is 3.36. The molecule has 7 heteroatoms. The fourth-order valence-corrected chi connectivity index (χ4v) is 4.03. The van der Waals surface area contributed by atoms with Crippen molar-refractivity contribution in [2.75, 3.05) is 26.2 Å². The Morgan fingerprint density at radius 3 is 2.88 bits per heavy atom. The van der Waals surface area contributed by atoms with Gasteiger partial charge < -0.3 is 15.2 Å². The number of rotatable bonds is 7. The predicted octanol–water partition coefficient (Wildman–Crippen LogP) is 1.41. The summed E-state index contributed by atoms with van der Waals surface area (Å²) in [5.74, 6) is 1.96. The zero-order valence-corrected chi connectivity index (χ0v) is 15.7. The second-order valence-corrected chi connectivity index (χ2v) is 7.12. The van der Waals surface area contributed by atoms with Gasteiger partial charge in [0.25, 0.3) is 0 Å². The number of aromatic nitrogens is 3. The van der Waals surface area contributed by atoms with E-state index in [0.717, 1.165) is 50.4 Å². The predicted molar refractivity (Wildman–Crippen MR) is 101 cm³/mol. The molecule has 1 saturated carbocycles. The molecule has 140 valence electrons. The van der Waals surface area contributed by atoms with E-state index in [1.165, 1.54) is 38.6 Å². The molecule has 25 heavy (non-hydrogen) atoms. The van der Waals surface area contributed by atoms with Crippen LogP contribution in [-0.2, 0) is 13.0 Å². The first kappa shape index (κ1) is 18.2. The van der Waals surface area contributed by atoms with Crippen molar-refractivity contribution >= 4 is 5.96 Å². The van der Waals surface area contributed by atoms with Crippen molar-refractivity contribution in [1.29, 1.82) is 0 Å². The Morgan fingerprint density at radius 2 is 2.12 bits per heavy atom. The van der Waals surface area contributed by atoms with Gasteiger partial charge in [-0.25, -0.2) is 0 Å². The Balaban J connectivity index is 1.48. The van der Waals surface area contributed by atoms with Crippen LogP contribution in [0, 0.1) is 0 Å². The van der Waals surface area contributed by atoms with Gasteiger partial charge in [-0.2, -0.15) is 0 Å². The molecule has 2 heterocycles. The summed E-state index contributed by atoms with van der Waals surface area (Å²) < 4.78 is 2.09. The number of nitrogens with one attached hydrogen (secondary N) is 2. The molecule has 0 aromatic carbocycles. The molecule has 1 atom stereocenters. The minimum absolute atomic E-state index is 0.513. The zero-order valence-electron chi connectivity index (χ0n) is 15.7. The van der Waals surface area contributed by atoms with Crippen molar-refractivity contribution < 1.29 is 0 Å². The summed E-state index contributed by atoms with van der Waals surface area (Å²) >= 11 is 0. The number of hydrogen-bond acceptors (Lipinski definition) is 4. The monoisotopic (exact) mass is 347 g/mol. The van der Waals surface area contributed by atoms with Crippen molar-refractivity contribution in [3.8, 4) is 0 Å². The Labute approximate surface area is 151 Å². The number of guanidine groups is 1. The minimum atomic E-state index is 0.513. The number of aryl methyl sites for hydroxylation is 1. The molecule has 3 rings (SSSR count). The zero-order chi connectivity index (χ0) is 17.5. The van der Waals surface area contributed by atoms with E-state index in [2.05, 4.69) is 44.1 Å². The maximum Gasteiger partial charge on any atom is 0.191 e. The van der Waals surface area contributed by atoms with E-state index in [0.29, 0.717) is 6.04 Å². The van der Waals surface area contributed by atoms with E-state index in [4.69, 9.17) is 4.99 Å². The Morgan fingerprint density at radius 1 is 1.28 bits per heavy atom. The number of likely N-dealkylation sites (tertiary alicyclic amines) is 1. The van der Waals surface area contributed by atoms with E-state index in [9.17, 15) is 0 Å². The number of hydrogen-bond donors (Lipinski definition) is 2. The molecule has 0 amide bonds. The second kappa shape index (κ2) is 9.17. The van der Waals surface area contributed by atoms with Gasteiger partial charge in [0.05, 0.1) is 6.54 Å². The van der Waals surface area contributed by atoms with Gasteiger partial charge in [-0.3, -0.25) is 9.89 Å². The van der Waals surface area contributed by atoms with Gasteiger partial charge in [-0.1, -0.05) is 19.8 Å². The molecule has 2 N–H and O–H groups in total. The lowest BCUT2D eigenvalue weighted by Gasteiger charge is -2.24. The first-order valence-electron chi connectivity index (χ1n) is 9.95. The molecular weight excluding hydrogens is 314 g/mol.